The van der Waals surface area contributed by atoms with Crippen molar-refractivity contribution in [3.8, 4) is 0 Å². The molecule has 1 N–H and O–H groups in total. The summed E-state index contributed by atoms with van der Waals surface area (Å²) in [7, 11) is 0. The number of halogens is 1. The van der Waals surface area contributed by atoms with Crippen molar-refractivity contribution in [1.82, 2.24) is 19.7 Å². The zero-order chi connectivity index (χ0) is 17.1. The number of benzene rings is 1. The van der Waals surface area contributed by atoms with Gasteiger partial charge in [0.2, 0.25) is 0 Å². The molecule has 1 aromatic heterocycles. The summed E-state index contributed by atoms with van der Waals surface area (Å²) in [6.45, 7) is 5.50. The Kier molecular flexibility index (Phi) is 4.78. The Morgan fingerprint density at radius 2 is 2.21 bits per heavy atom. The standard InChI is InChI=1S/C17H22FN5O/c1-12(2)23-11-19-21-16(23)9-13-7-8-22(10-13)17(24)20-15-6-4-3-5-14(15)18/h3-6,11-13H,7-10H2,1-2H3,(H,20,24). The van der Waals surface area contributed by atoms with Gasteiger partial charge in [0.1, 0.15) is 18.0 Å². The molecule has 1 atom stereocenters. The van der Waals surface area contributed by atoms with Gasteiger partial charge in [0.15, 0.2) is 0 Å². The summed E-state index contributed by atoms with van der Waals surface area (Å²) in [5.41, 5.74) is 0.213. The Labute approximate surface area is 140 Å². The van der Waals surface area contributed by atoms with Gasteiger partial charge in [-0.05, 0) is 38.3 Å². The maximum absolute atomic E-state index is 13.6. The van der Waals surface area contributed by atoms with Crippen molar-refractivity contribution in [3.05, 3.63) is 42.2 Å². The van der Waals surface area contributed by atoms with Crippen LogP contribution in [0.2, 0.25) is 0 Å². The molecule has 0 saturated carbocycles. The monoisotopic (exact) mass is 331 g/mol. The number of carbonyl (C=O) groups excluding carboxylic acids is 1. The summed E-state index contributed by atoms with van der Waals surface area (Å²) in [5.74, 6) is 0.871. The van der Waals surface area contributed by atoms with Crippen molar-refractivity contribution in [2.45, 2.75) is 32.7 Å². The van der Waals surface area contributed by atoms with Crippen molar-refractivity contribution < 1.29 is 9.18 Å². The van der Waals surface area contributed by atoms with Gasteiger partial charge in [0.25, 0.3) is 0 Å². The molecule has 0 spiro atoms. The quantitative estimate of drug-likeness (QED) is 0.936. The predicted molar refractivity (Wildman–Crippen MR) is 89.2 cm³/mol. The lowest BCUT2D eigenvalue weighted by molar-refractivity contribution is 0.220. The summed E-state index contributed by atoms with van der Waals surface area (Å²) < 4.78 is 15.7. The number of amides is 2. The van der Waals surface area contributed by atoms with E-state index >= 15 is 0 Å². The van der Waals surface area contributed by atoms with Crippen LogP contribution < -0.4 is 5.32 Å². The van der Waals surface area contributed by atoms with Gasteiger partial charge in [0, 0.05) is 25.6 Å². The number of rotatable bonds is 4. The number of nitrogens with zero attached hydrogens (tertiary/aromatic N) is 4. The van der Waals surface area contributed by atoms with E-state index < -0.39 is 5.82 Å². The van der Waals surface area contributed by atoms with Crippen LogP contribution in [0.15, 0.2) is 30.6 Å². The number of carbonyl (C=O) groups is 1. The molecule has 2 aromatic rings. The van der Waals surface area contributed by atoms with Gasteiger partial charge in [-0.3, -0.25) is 0 Å². The van der Waals surface area contributed by atoms with E-state index in [9.17, 15) is 9.18 Å². The second-order valence-corrected chi connectivity index (χ2v) is 6.46. The van der Waals surface area contributed by atoms with E-state index in [4.69, 9.17) is 0 Å². The van der Waals surface area contributed by atoms with Gasteiger partial charge in [-0.15, -0.1) is 10.2 Å². The van der Waals surface area contributed by atoms with E-state index in [1.165, 1.54) is 6.07 Å². The number of anilines is 1. The van der Waals surface area contributed by atoms with E-state index in [2.05, 4.69) is 33.9 Å². The smallest absolute Gasteiger partial charge is 0.321 e. The molecule has 1 unspecified atom stereocenters. The Hall–Kier alpha value is -2.44. The van der Waals surface area contributed by atoms with E-state index in [1.54, 1.807) is 29.4 Å². The number of hydrogen-bond donors (Lipinski definition) is 1. The van der Waals surface area contributed by atoms with E-state index in [1.807, 2.05) is 0 Å². The molecule has 7 heteroatoms. The van der Waals surface area contributed by atoms with Crippen molar-refractivity contribution >= 4 is 11.7 Å². The lowest BCUT2D eigenvalue weighted by Gasteiger charge is -2.18. The van der Waals surface area contributed by atoms with Gasteiger partial charge in [-0.1, -0.05) is 12.1 Å². The van der Waals surface area contributed by atoms with Crippen LogP contribution in [0.25, 0.3) is 0 Å². The summed E-state index contributed by atoms with van der Waals surface area (Å²) in [6, 6.07) is 6.25. The summed E-state index contributed by atoms with van der Waals surface area (Å²) in [4.78, 5) is 14.0. The SMILES string of the molecule is CC(C)n1cnnc1CC1CCN(C(=O)Nc2ccccc2F)C1. The fraction of sp³-hybridized carbons (Fsp3) is 0.471. The highest BCUT2D eigenvalue weighted by Crippen LogP contribution is 2.22. The lowest BCUT2D eigenvalue weighted by Crippen LogP contribution is -2.33. The third-order valence-electron chi connectivity index (χ3n) is 4.36. The van der Waals surface area contributed by atoms with Crippen LogP contribution >= 0.6 is 0 Å². The largest absolute Gasteiger partial charge is 0.324 e. The van der Waals surface area contributed by atoms with Gasteiger partial charge in [-0.2, -0.15) is 0 Å². The highest BCUT2D eigenvalue weighted by Gasteiger charge is 2.28. The molecular weight excluding hydrogens is 309 g/mol. The maximum Gasteiger partial charge on any atom is 0.321 e. The van der Waals surface area contributed by atoms with E-state index in [-0.39, 0.29) is 11.7 Å². The summed E-state index contributed by atoms with van der Waals surface area (Å²) >= 11 is 0. The Bertz CT molecular complexity index is 715. The van der Waals surface area contributed by atoms with Crippen LogP contribution in [0.4, 0.5) is 14.9 Å². The van der Waals surface area contributed by atoms with Crippen molar-refractivity contribution in [3.63, 3.8) is 0 Å². The molecule has 2 amide bonds. The van der Waals surface area contributed by atoms with Crippen LogP contribution in [0.1, 0.15) is 32.1 Å². The third-order valence-corrected chi connectivity index (χ3v) is 4.36. The molecule has 6 nitrogen and oxygen atoms in total. The van der Waals surface area contributed by atoms with Crippen molar-refractivity contribution in [1.29, 1.82) is 0 Å². The minimum atomic E-state index is -0.424. The highest BCUT2D eigenvalue weighted by atomic mass is 19.1. The molecule has 1 aromatic carbocycles. The van der Waals surface area contributed by atoms with Crippen molar-refractivity contribution in [2.24, 2.45) is 5.92 Å². The molecule has 128 valence electrons. The second-order valence-electron chi connectivity index (χ2n) is 6.46. The highest BCUT2D eigenvalue weighted by molar-refractivity contribution is 5.89. The normalized spacial score (nSPS) is 17.5. The molecule has 24 heavy (non-hydrogen) atoms. The molecule has 0 radical (unpaired) electrons. The zero-order valence-corrected chi connectivity index (χ0v) is 13.9. The molecule has 1 fully saturated rings. The van der Waals surface area contributed by atoms with Crippen LogP contribution in [0.3, 0.4) is 0 Å². The maximum atomic E-state index is 13.6. The molecule has 0 aliphatic carbocycles. The average molecular weight is 331 g/mol. The van der Waals surface area contributed by atoms with Crippen LogP contribution in [-0.4, -0.2) is 38.8 Å². The Balaban J connectivity index is 1.58. The van der Waals surface area contributed by atoms with Gasteiger partial charge >= 0.3 is 6.03 Å². The van der Waals surface area contributed by atoms with Crippen LogP contribution in [0.5, 0.6) is 0 Å². The fourth-order valence-electron chi connectivity index (χ4n) is 3.04. The molecule has 1 aliphatic heterocycles. The first-order chi connectivity index (χ1) is 11.5. The first-order valence-corrected chi connectivity index (χ1v) is 8.23. The first kappa shape index (κ1) is 16.4. The Morgan fingerprint density at radius 3 is 2.96 bits per heavy atom. The Morgan fingerprint density at radius 1 is 1.42 bits per heavy atom. The average Bonchev–Trinajstić information content (AvgIpc) is 3.19. The van der Waals surface area contributed by atoms with Gasteiger partial charge in [-0.25, -0.2) is 9.18 Å². The van der Waals surface area contributed by atoms with Gasteiger partial charge < -0.3 is 14.8 Å². The fourth-order valence-corrected chi connectivity index (χ4v) is 3.04. The second kappa shape index (κ2) is 6.98. The zero-order valence-electron chi connectivity index (χ0n) is 13.9. The summed E-state index contributed by atoms with van der Waals surface area (Å²) in [6.07, 6.45) is 3.45. The number of nitrogens with one attached hydrogen (secondary N) is 1. The molecule has 1 saturated heterocycles. The molecular formula is C17H22FN5O. The number of urea groups is 1. The summed E-state index contributed by atoms with van der Waals surface area (Å²) in [5, 5.41) is 10.8. The molecule has 3 rings (SSSR count). The van der Waals surface area contributed by atoms with Crippen molar-refractivity contribution in [2.75, 3.05) is 18.4 Å². The number of aromatic nitrogens is 3. The molecule has 1 aliphatic rings. The third kappa shape index (κ3) is 3.55. The number of para-hydroxylation sites is 1. The number of hydrogen-bond acceptors (Lipinski definition) is 3. The van der Waals surface area contributed by atoms with Crippen LogP contribution in [0, 0.1) is 11.7 Å². The molecule has 2 heterocycles. The minimum absolute atomic E-state index is 0.213. The lowest BCUT2D eigenvalue weighted by atomic mass is 10.0. The molecule has 0 bridgehead atoms. The van der Waals surface area contributed by atoms with E-state index in [0.717, 1.165) is 18.7 Å². The predicted octanol–water partition coefficient (Wildman–Crippen LogP) is 3.09. The topological polar surface area (TPSA) is 63.1 Å². The van der Waals surface area contributed by atoms with Crippen LogP contribution in [-0.2, 0) is 6.42 Å². The van der Waals surface area contributed by atoms with E-state index in [0.29, 0.717) is 25.0 Å². The minimum Gasteiger partial charge on any atom is -0.324 e. The van der Waals surface area contributed by atoms with Gasteiger partial charge in [0.05, 0.1) is 5.69 Å². The number of likely N-dealkylation sites (tertiary alicyclic amines) is 1. The first-order valence-electron chi connectivity index (χ1n) is 8.23.